The molecule has 0 spiro atoms. The molecule has 2 aromatic rings. The molecule has 2 rings (SSSR count). The molecule has 1 aromatic carbocycles. The Morgan fingerprint density at radius 1 is 1.39 bits per heavy atom. The SMILES string of the molecule is CC(=O)c1cc(Br)ccc1Sc1nccc(=O)[nH]1. The predicted molar refractivity (Wildman–Crippen MR) is 73.1 cm³/mol. The van der Waals surface area contributed by atoms with Crippen LogP contribution in [-0.4, -0.2) is 15.8 Å². The molecule has 0 radical (unpaired) electrons. The summed E-state index contributed by atoms with van der Waals surface area (Å²) in [6.45, 7) is 1.51. The molecule has 0 aliphatic carbocycles. The van der Waals surface area contributed by atoms with Crippen LogP contribution in [0, 0.1) is 0 Å². The summed E-state index contributed by atoms with van der Waals surface area (Å²) in [4.78, 5) is 30.1. The Labute approximate surface area is 116 Å². The Morgan fingerprint density at radius 3 is 2.83 bits per heavy atom. The summed E-state index contributed by atoms with van der Waals surface area (Å²) in [5.74, 6) is -0.0305. The molecule has 1 heterocycles. The average molecular weight is 325 g/mol. The number of carbonyl (C=O) groups excluding carboxylic acids is 1. The van der Waals surface area contributed by atoms with Gasteiger partial charge in [0.2, 0.25) is 0 Å². The van der Waals surface area contributed by atoms with Gasteiger partial charge in [-0.1, -0.05) is 27.7 Å². The minimum atomic E-state index is -0.214. The maximum atomic E-state index is 11.5. The smallest absolute Gasteiger partial charge is 0.251 e. The minimum absolute atomic E-state index is 0.0305. The van der Waals surface area contributed by atoms with E-state index in [1.807, 2.05) is 12.1 Å². The molecule has 1 aromatic heterocycles. The van der Waals surface area contributed by atoms with E-state index in [0.29, 0.717) is 10.7 Å². The highest BCUT2D eigenvalue weighted by molar-refractivity contribution is 9.10. The summed E-state index contributed by atoms with van der Waals surface area (Å²) in [6.07, 6.45) is 1.44. The summed E-state index contributed by atoms with van der Waals surface area (Å²) in [7, 11) is 0. The van der Waals surface area contributed by atoms with Crippen LogP contribution in [0.15, 0.2) is 49.8 Å². The summed E-state index contributed by atoms with van der Waals surface area (Å²) in [5, 5.41) is 0.465. The first kappa shape index (κ1) is 13.0. The van der Waals surface area contributed by atoms with Crippen LogP contribution in [0.2, 0.25) is 0 Å². The number of nitrogens with zero attached hydrogens (tertiary/aromatic N) is 1. The van der Waals surface area contributed by atoms with Crippen molar-refractivity contribution in [3.63, 3.8) is 0 Å². The molecule has 1 N–H and O–H groups in total. The lowest BCUT2D eigenvalue weighted by Crippen LogP contribution is -2.05. The quantitative estimate of drug-likeness (QED) is 0.696. The molecule has 6 heteroatoms. The van der Waals surface area contributed by atoms with E-state index in [1.165, 1.54) is 30.9 Å². The zero-order chi connectivity index (χ0) is 13.1. The zero-order valence-electron chi connectivity index (χ0n) is 9.44. The molecule has 0 amide bonds. The second-order valence-corrected chi connectivity index (χ2v) is 5.48. The largest absolute Gasteiger partial charge is 0.301 e. The Morgan fingerprint density at radius 2 is 2.17 bits per heavy atom. The van der Waals surface area contributed by atoms with Gasteiger partial charge in [0.05, 0.1) is 0 Å². The Balaban J connectivity index is 2.40. The van der Waals surface area contributed by atoms with Gasteiger partial charge >= 0.3 is 0 Å². The molecule has 0 unspecified atom stereocenters. The number of aromatic nitrogens is 2. The van der Waals surface area contributed by atoms with Gasteiger partial charge in [0.1, 0.15) is 0 Å². The number of Topliss-reactive ketones (excluding diaryl/α,β-unsaturated/α-hetero) is 1. The molecule has 0 aliphatic rings. The topological polar surface area (TPSA) is 62.8 Å². The average Bonchev–Trinajstić information content (AvgIpc) is 2.31. The third-order valence-electron chi connectivity index (χ3n) is 2.18. The number of hydrogen-bond donors (Lipinski definition) is 1. The van der Waals surface area contributed by atoms with E-state index in [4.69, 9.17) is 0 Å². The van der Waals surface area contributed by atoms with Crippen molar-refractivity contribution in [2.75, 3.05) is 0 Å². The van der Waals surface area contributed by atoms with E-state index in [-0.39, 0.29) is 11.3 Å². The minimum Gasteiger partial charge on any atom is -0.301 e. The highest BCUT2D eigenvalue weighted by Crippen LogP contribution is 2.29. The fraction of sp³-hybridized carbons (Fsp3) is 0.0833. The number of halogens is 1. The van der Waals surface area contributed by atoms with Crippen LogP contribution < -0.4 is 5.56 Å². The lowest BCUT2D eigenvalue weighted by molar-refractivity contribution is 0.101. The van der Waals surface area contributed by atoms with E-state index >= 15 is 0 Å². The summed E-state index contributed by atoms with van der Waals surface area (Å²) in [6, 6.07) is 6.76. The van der Waals surface area contributed by atoms with Gasteiger partial charge in [-0.15, -0.1) is 0 Å². The second-order valence-electron chi connectivity index (χ2n) is 3.54. The van der Waals surface area contributed by atoms with Gasteiger partial charge in [0.25, 0.3) is 5.56 Å². The van der Waals surface area contributed by atoms with E-state index in [0.717, 1.165) is 9.37 Å². The zero-order valence-corrected chi connectivity index (χ0v) is 11.8. The number of ketones is 1. The van der Waals surface area contributed by atoms with Crippen LogP contribution >= 0.6 is 27.7 Å². The van der Waals surface area contributed by atoms with E-state index in [9.17, 15) is 9.59 Å². The fourth-order valence-corrected chi connectivity index (χ4v) is 2.66. The van der Waals surface area contributed by atoms with Gasteiger partial charge < -0.3 is 4.98 Å². The molecule has 4 nitrogen and oxygen atoms in total. The van der Waals surface area contributed by atoms with Crippen molar-refractivity contribution in [2.45, 2.75) is 17.0 Å². The Kier molecular flexibility index (Phi) is 3.98. The molecule has 0 aliphatic heterocycles. The third kappa shape index (κ3) is 3.08. The van der Waals surface area contributed by atoms with Gasteiger partial charge in [-0.3, -0.25) is 9.59 Å². The fourth-order valence-electron chi connectivity index (χ4n) is 1.37. The Hall–Kier alpha value is -1.40. The summed E-state index contributed by atoms with van der Waals surface area (Å²) >= 11 is 4.58. The van der Waals surface area contributed by atoms with Gasteiger partial charge in [0.15, 0.2) is 10.9 Å². The number of benzene rings is 1. The van der Waals surface area contributed by atoms with Crippen molar-refractivity contribution in [3.8, 4) is 0 Å². The van der Waals surface area contributed by atoms with Crippen molar-refractivity contribution >= 4 is 33.5 Å². The van der Waals surface area contributed by atoms with Gasteiger partial charge in [-0.2, -0.15) is 0 Å². The van der Waals surface area contributed by atoms with Crippen molar-refractivity contribution < 1.29 is 4.79 Å². The number of aromatic amines is 1. The molecule has 0 fully saturated rings. The van der Waals surface area contributed by atoms with Crippen LogP contribution in [0.3, 0.4) is 0 Å². The first-order valence-electron chi connectivity index (χ1n) is 5.10. The molecular formula is C12H9BrN2O2S. The number of carbonyl (C=O) groups is 1. The first-order valence-corrected chi connectivity index (χ1v) is 6.71. The van der Waals surface area contributed by atoms with Crippen LogP contribution in [-0.2, 0) is 0 Å². The van der Waals surface area contributed by atoms with Crippen LogP contribution in [0.25, 0.3) is 0 Å². The maximum Gasteiger partial charge on any atom is 0.251 e. The van der Waals surface area contributed by atoms with E-state index in [1.54, 1.807) is 6.07 Å². The standard InChI is InChI=1S/C12H9BrN2O2S/c1-7(16)9-6-8(13)2-3-10(9)18-12-14-5-4-11(17)15-12/h2-6H,1H3,(H,14,15,17). The molecule has 0 saturated heterocycles. The van der Waals surface area contributed by atoms with Crippen molar-refractivity contribution in [1.29, 1.82) is 0 Å². The van der Waals surface area contributed by atoms with Crippen molar-refractivity contribution in [2.24, 2.45) is 0 Å². The molecule has 0 saturated carbocycles. The van der Waals surface area contributed by atoms with Crippen molar-refractivity contribution in [3.05, 3.63) is 50.9 Å². The van der Waals surface area contributed by atoms with Crippen LogP contribution in [0.5, 0.6) is 0 Å². The second kappa shape index (κ2) is 5.49. The van der Waals surface area contributed by atoms with Gasteiger partial charge in [0, 0.05) is 27.2 Å². The molecule has 0 atom stereocenters. The molecule has 0 bridgehead atoms. The highest BCUT2D eigenvalue weighted by Gasteiger charge is 2.10. The van der Waals surface area contributed by atoms with Crippen LogP contribution in [0.1, 0.15) is 17.3 Å². The number of hydrogen-bond acceptors (Lipinski definition) is 4. The predicted octanol–water partition coefficient (Wildman–Crippen LogP) is 2.89. The van der Waals surface area contributed by atoms with Gasteiger partial charge in [-0.25, -0.2) is 4.98 Å². The lowest BCUT2D eigenvalue weighted by atomic mass is 10.1. The number of rotatable bonds is 3. The van der Waals surface area contributed by atoms with Gasteiger partial charge in [-0.05, 0) is 25.1 Å². The third-order valence-corrected chi connectivity index (χ3v) is 3.65. The normalized spacial score (nSPS) is 10.3. The molecular weight excluding hydrogens is 316 g/mol. The van der Waals surface area contributed by atoms with E-state index in [2.05, 4.69) is 25.9 Å². The molecule has 18 heavy (non-hydrogen) atoms. The van der Waals surface area contributed by atoms with Crippen molar-refractivity contribution in [1.82, 2.24) is 9.97 Å². The van der Waals surface area contributed by atoms with Crippen LogP contribution in [0.4, 0.5) is 0 Å². The summed E-state index contributed by atoms with van der Waals surface area (Å²) in [5.41, 5.74) is 0.384. The lowest BCUT2D eigenvalue weighted by Gasteiger charge is -2.06. The number of nitrogens with one attached hydrogen (secondary N) is 1. The van der Waals surface area contributed by atoms with E-state index < -0.39 is 0 Å². The highest BCUT2D eigenvalue weighted by atomic mass is 79.9. The monoisotopic (exact) mass is 324 g/mol. The first-order chi connectivity index (χ1) is 8.56. The maximum absolute atomic E-state index is 11.5. The molecule has 92 valence electrons. The number of H-pyrrole nitrogens is 1. The summed E-state index contributed by atoms with van der Waals surface area (Å²) < 4.78 is 0.839. The Bertz CT molecular complexity index is 655.